The van der Waals surface area contributed by atoms with Crippen LogP contribution in [-0.4, -0.2) is 28.8 Å². The Hall–Kier alpha value is -1.87. The van der Waals surface area contributed by atoms with Crippen LogP contribution in [0.3, 0.4) is 0 Å². The maximum Gasteiger partial charge on any atom is 0.151 e. The van der Waals surface area contributed by atoms with Gasteiger partial charge in [-0.05, 0) is 63.5 Å². The topological polar surface area (TPSA) is 25.2 Å². The fraction of sp³-hybridized carbons (Fsp3) is 0.421. The summed E-state index contributed by atoms with van der Waals surface area (Å²) < 4.78 is 2.15. The molecule has 1 fully saturated rings. The molecule has 1 aliphatic heterocycles. The number of nitrogens with zero attached hydrogens (tertiary/aromatic N) is 2. The highest BCUT2D eigenvalue weighted by molar-refractivity contribution is 5.77. The molecule has 0 aliphatic carbocycles. The van der Waals surface area contributed by atoms with Gasteiger partial charge in [0.05, 0.1) is 0 Å². The van der Waals surface area contributed by atoms with Crippen molar-refractivity contribution in [3.05, 3.63) is 52.8 Å². The summed E-state index contributed by atoms with van der Waals surface area (Å²) in [6.45, 7) is 7.53. The number of benzene rings is 1. The Morgan fingerprint density at radius 2 is 1.73 bits per heavy atom. The van der Waals surface area contributed by atoms with Crippen molar-refractivity contribution < 1.29 is 4.79 Å². The van der Waals surface area contributed by atoms with E-state index in [1.54, 1.807) is 0 Å². The fourth-order valence-corrected chi connectivity index (χ4v) is 3.43. The van der Waals surface area contributed by atoms with Crippen LogP contribution >= 0.6 is 0 Å². The van der Waals surface area contributed by atoms with Crippen molar-refractivity contribution in [3.8, 4) is 5.69 Å². The number of carbonyl (C=O) groups is 1. The minimum Gasteiger partial charge on any atom is -0.318 e. The van der Waals surface area contributed by atoms with Gasteiger partial charge in [-0.25, -0.2) is 0 Å². The van der Waals surface area contributed by atoms with Crippen molar-refractivity contribution in [1.29, 1.82) is 0 Å². The number of rotatable bonds is 4. The molecule has 22 heavy (non-hydrogen) atoms. The number of hydrogen-bond acceptors (Lipinski definition) is 2. The maximum atomic E-state index is 11.1. The van der Waals surface area contributed by atoms with E-state index in [1.165, 1.54) is 37.9 Å². The molecule has 0 amide bonds. The first-order chi connectivity index (χ1) is 10.7. The molecule has 1 aliphatic rings. The highest BCUT2D eigenvalue weighted by Gasteiger charge is 2.12. The molecule has 116 valence electrons. The van der Waals surface area contributed by atoms with Gasteiger partial charge in [0.25, 0.3) is 0 Å². The lowest BCUT2D eigenvalue weighted by atomic mass is 10.1. The molecule has 0 saturated carbocycles. The molecule has 0 unspecified atom stereocenters. The van der Waals surface area contributed by atoms with Gasteiger partial charge >= 0.3 is 0 Å². The van der Waals surface area contributed by atoms with Gasteiger partial charge < -0.3 is 4.57 Å². The van der Waals surface area contributed by atoms with E-state index in [2.05, 4.69) is 33.7 Å². The summed E-state index contributed by atoms with van der Waals surface area (Å²) >= 11 is 0. The molecule has 1 saturated heterocycles. The summed E-state index contributed by atoms with van der Waals surface area (Å²) in [7, 11) is 0. The predicted molar refractivity (Wildman–Crippen MR) is 89.8 cm³/mol. The number of piperidine rings is 1. The van der Waals surface area contributed by atoms with E-state index in [0.29, 0.717) is 0 Å². The van der Waals surface area contributed by atoms with Gasteiger partial charge in [-0.3, -0.25) is 9.69 Å². The molecule has 3 rings (SSSR count). The van der Waals surface area contributed by atoms with E-state index in [9.17, 15) is 4.79 Å². The zero-order chi connectivity index (χ0) is 15.5. The zero-order valence-electron chi connectivity index (χ0n) is 13.5. The number of carbonyl (C=O) groups excluding carboxylic acids is 1. The van der Waals surface area contributed by atoms with Crippen LogP contribution in [0.5, 0.6) is 0 Å². The van der Waals surface area contributed by atoms with Crippen molar-refractivity contribution in [2.75, 3.05) is 13.1 Å². The van der Waals surface area contributed by atoms with E-state index in [0.717, 1.165) is 35.5 Å². The second-order valence-electron chi connectivity index (χ2n) is 6.28. The van der Waals surface area contributed by atoms with Crippen LogP contribution in [0, 0.1) is 13.8 Å². The minimum atomic E-state index is 0.773. The summed E-state index contributed by atoms with van der Waals surface area (Å²) in [5, 5.41) is 0. The average molecular weight is 296 g/mol. The number of aromatic nitrogens is 1. The summed E-state index contributed by atoms with van der Waals surface area (Å²) in [5.74, 6) is 0. The second kappa shape index (κ2) is 6.49. The van der Waals surface area contributed by atoms with E-state index in [4.69, 9.17) is 0 Å². The molecule has 1 aromatic heterocycles. The Labute approximate surface area is 132 Å². The molecule has 0 radical (unpaired) electrons. The Morgan fingerprint density at radius 3 is 2.32 bits per heavy atom. The number of aryl methyl sites for hydroxylation is 1. The second-order valence-corrected chi connectivity index (χ2v) is 6.28. The maximum absolute atomic E-state index is 11.1. The Morgan fingerprint density at radius 1 is 1.05 bits per heavy atom. The first kappa shape index (κ1) is 15.0. The number of hydrogen-bond donors (Lipinski definition) is 0. The molecule has 0 bridgehead atoms. The highest BCUT2D eigenvalue weighted by atomic mass is 16.1. The van der Waals surface area contributed by atoms with Gasteiger partial charge in [-0.1, -0.05) is 18.6 Å². The van der Waals surface area contributed by atoms with Crippen molar-refractivity contribution in [2.24, 2.45) is 0 Å². The molecule has 0 spiro atoms. The van der Waals surface area contributed by atoms with Crippen LogP contribution < -0.4 is 0 Å². The van der Waals surface area contributed by atoms with Gasteiger partial charge in [0.15, 0.2) is 6.29 Å². The van der Waals surface area contributed by atoms with Crippen LogP contribution in [0.15, 0.2) is 30.3 Å². The van der Waals surface area contributed by atoms with Crippen LogP contribution in [0.2, 0.25) is 0 Å². The minimum absolute atomic E-state index is 0.773. The molecule has 2 heterocycles. The Kier molecular flexibility index (Phi) is 4.44. The van der Waals surface area contributed by atoms with Gasteiger partial charge in [0.2, 0.25) is 0 Å². The zero-order valence-corrected chi connectivity index (χ0v) is 13.5. The molecular weight excluding hydrogens is 272 g/mol. The van der Waals surface area contributed by atoms with E-state index in [1.807, 2.05) is 19.9 Å². The summed E-state index contributed by atoms with van der Waals surface area (Å²) in [5.41, 5.74) is 5.38. The normalized spacial score (nSPS) is 15.9. The molecule has 3 nitrogen and oxygen atoms in total. The SMILES string of the molecule is Cc1cc(C=O)c(C)n1-c1ccc(CN2CCCCC2)cc1. The lowest BCUT2D eigenvalue weighted by molar-refractivity contribution is 0.112. The van der Waals surface area contributed by atoms with Crippen LogP contribution in [0.25, 0.3) is 5.69 Å². The summed E-state index contributed by atoms with van der Waals surface area (Å²) in [6.07, 6.45) is 4.97. The Bertz CT molecular complexity index is 649. The van der Waals surface area contributed by atoms with Crippen LogP contribution in [0.4, 0.5) is 0 Å². The largest absolute Gasteiger partial charge is 0.318 e. The third-order valence-corrected chi connectivity index (χ3v) is 4.65. The van der Waals surface area contributed by atoms with Crippen LogP contribution in [-0.2, 0) is 6.54 Å². The molecule has 2 aromatic rings. The Balaban J connectivity index is 1.79. The van der Waals surface area contributed by atoms with Crippen molar-refractivity contribution >= 4 is 6.29 Å². The van der Waals surface area contributed by atoms with Crippen molar-refractivity contribution in [2.45, 2.75) is 39.7 Å². The van der Waals surface area contributed by atoms with E-state index >= 15 is 0 Å². The third kappa shape index (κ3) is 3.00. The monoisotopic (exact) mass is 296 g/mol. The van der Waals surface area contributed by atoms with E-state index < -0.39 is 0 Å². The highest BCUT2D eigenvalue weighted by Crippen LogP contribution is 2.21. The van der Waals surface area contributed by atoms with Gasteiger partial charge in [-0.15, -0.1) is 0 Å². The third-order valence-electron chi connectivity index (χ3n) is 4.65. The summed E-state index contributed by atoms with van der Waals surface area (Å²) in [6, 6.07) is 10.7. The van der Waals surface area contributed by atoms with Crippen molar-refractivity contribution in [1.82, 2.24) is 9.47 Å². The van der Waals surface area contributed by atoms with Crippen molar-refractivity contribution in [3.63, 3.8) is 0 Å². The van der Waals surface area contributed by atoms with E-state index in [-0.39, 0.29) is 0 Å². The molecular formula is C19H24N2O. The van der Waals surface area contributed by atoms with Gasteiger partial charge in [0.1, 0.15) is 0 Å². The lowest BCUT2D eigenvalue weighted by Gasteiger charge is -2.26. The molecule has 0 atom stereocenters. The first-order valence-electron chi connectivity index (χ1n) is 8.15. The smallest absolute Gasteiger partial charge is 0.151 e. The summed E-state index contributed by atoms with van der Waals surface area (Å²) in [4.78, 5) is 13.6. The molecule has 0 N–H and O–H groups in total. The number of likely N-dealkylation sites (tertiary alicyclic amines) is 1. The lowest BCUT2D eigenvalue weighted by Crippen LogP contribution is -2.29. The number of aldehydes is 1. The predicted octanol–water partition coefficient (Wildman–Crippen LogP) is 3.89. The van der Waals surface area contributed by atoms with Crippen LogP contribution in [0.1, 0.15) is 46.6 Å². The van der Waals surface area contributed by atoms with Gasteiger partial charge in [-0.2, -0.15) is 0 Å². The fourth-order valence-electron chi connectivity index (χ4n) is 3.43. The average Bonchev–Trinajstić information content (AvgIpc) is 2.83. The molecule has 1 aromatic carbocycles. The molecule has 3 heteroatoms. The quantitative estimate of drug-likeness (QED) is 0.800. The first-order valence-corrected chi connectivity index (χ1v) is 8.15. The van der Waals surface area contributed by atoms with Gasteiger partial charge in [0, 0.05) is 29.2 Å². The standard InChI is InChI=1S/C19H24N2O/c1-15-12-18(14-22)16(2)21(15)19-8-6-17(7-9-19)13-20-10-4-3-5-11-20/h6-9,12,14H,3-5,10-11,13H2,1-2H3.